The fourth-order valence-corrected chi connectivity index (χ4v) is 2.12. The lowest BCUT2D eigenvalue weighted by molar-refractivity contribution is -0.127. The number of nitrogens with zero attached hydrogens (tertiary/aromatic N) is 1. The van der Waals surface area contributed by atoms with Crippen LogP contribution >= 0.6 is 0 Å². The number of hydrogen-bond donors (Lipinski definition) is 1. The SMILES string of the molecule is NCCCN1CC(S(=O)(=O)F)CC1=O. The Bertz CT molecular complexity index is 317. The second-order valence-electron chi connectivity index (χ2n) is 3.28. The van der Waals surface area contributed by atoms with Gasteiger partial charge in [-0.25, -0.2) is 0 Å². The molecular formula is C7H13FN2O3S. The van der Waals surface area contributed by atoms with Crippen LogP contribution in [-0.2, 0) is 15.0 Å². The zero-order valence-electron chi connectivity index (χ0n) is 7.65. The normalized spacial score (nSPS) is 23.1. The fourth-order valence-electron chi connectivity index (χ4n) is 1.42. The third-order valence-corrected chi connectivity index (χ3v) is 3.32. The lowest BCUT2D eigenvalue weighted by Crippen LogP contribution is -2.29. The van der Waals surface area contributed by atoms with Crippen LogP contribution in [0.5, 0.6) is 0 Å². The first kappa shape index (κ1) is 11.4. The average Bonchev–Trinajstić information content (AvgIpc) is 2.43. The number of amides is 1. The third-order valence-electron chi connectivity index (χ3n) is 2.21. The van der Waals surface area contributed by atoms with Gasteiger partial charge < -0.3 is 10.6 Å². The van der Waals surface area contributed by atoms with Crippen LogP contribution in [-0.4, -0.2) is 44.1 Å². The van der Waals surface area contributed by atoms with Gasteiger partial charge in [0.1, 0.15) is 5.25 Å². The molecule has 0 bridgehead atoms. The Hall–Kier alpha value is -0.690. The molecule has 82 valence electrons. The maximum Gasteiger partial charge on any atom is 0.307 e. The van der Waals surface area contributed by atoms with Gasteiger partial charge in [-0.1, -0.05) is 0 Å². The molecule has 0 aromatic rings. The molecule has 0 aromatic heterocycles. The van der Waals surface area contributed by atoms with Crippen molar-refractivity contribution in [3.8, 4) is 0 Å². The largest absolute Gasteiger partial charge is 0.341 e. The second kappa shape index (κ2) is 4.22. The lowest BCUT2D eigenvalue weighted by Gasteiger charge is -2.14. The highest BCUT2D eigenvalue weighted by Gasteiger charge is 2.37. The molecule has 7 heteroatoms. The van der Waals surface area contributed by atoms with Gasteiger partial charge in [0.2, 0.25) is 5.91 Å². The third kappa shape index (κ3) is 2.65. The van der Waals surface area contributed by atoms with E-state index >= 15 is 0 Å². The molecule has 0 aliphatic carbocycles. The van der Waals surface area contributed by atoms with Gasteiger partial charge in [-0.3, -0.25) is 4.79 Å². The Labute approximate surface area is 82.3 Å². The molecule has 0 aromatic carbocycles. The van der Waals surface area contributed by atoms with Crippen LogP contribution in [0.4, 0.5) is 3.89 Å². The van der Waals surface area contributed by atoms with Crippen molar-refractivity contribution in [2.24, 2.45) is 5.73 Å². The van der Waals surface area contributed by atoms with Gasteiger partial charge in [0.15, 0.2) is 0 Å². The van der Waals surface area contributed by atoms with Crippen molar-refractivity contribution >= 4 is 16.1 Å². The fraction of sp³-hybridized carbons (Fsp3) is 0.857. The standard InChI is InChI=1S/C7H13FN2O3S/c8-14(12,13)6-4-7(11)10(5-6)3-1-2-9/h6H,1-5,9H2. The summed E-state index contributed by atoms with van der Waals surface area (Å²) in [6, 6.07) is 0. The minimum atomic E-state index is -4.59. The van der Waals surface area contributed by atoms with Crippen molar-refractivity contribution in [3.05, 3.63) is 0 Å². The van der Waals surface area contributed by atoms with Gasteiger partial charge in [0.25, 0.3) is 0 Å². The number of carbonyl (C=O) groups is 1. The summed E-state index contributed by atoms with van der Waals surface area (Å²) in [5.74, 6) is -0.315. The van der Waals surface area contributed by atoms with Crippen molar-refractivity contribution in [1.82, 2.24) is 4.90 Å². The summed E-state index contributed by atoms with van der Waals surface area (Å²) in [5.41, 5.74) is 5.24. The quantitative estimate of drug-likeness (QED) is 0.636. The highest BCUT2D eigenvalue weighted by molar-refractivity contribution is 7.87. The van der Waals surface area contributed by atoms with Crippen molar-refractivity contribution < 1.29 is 17.1 Å². The van der Waals surface area contributed by atoms with Crippen LogP contribution < -0.4 is 5.73 Å². The van der Waals surface area contributed by atoms with E-state index < -0.39 is 15.5 Å². The highest BCUT2D eigenvalue weighted by Crippen LogP contribution is 2.19. The molecule has 0 saturated carbocycles. The Morgan fingerprint density at radius 1 is 1.57 bits per heavy atom. The zero-order chi connectivity index (χ0) is 10.8. The first-order valence-electron chi connectivity index (χ1n) is 4.36. The number of halogens is 1. The molecule has 0 radical (unpaired) electrons. The molecule has 1 atom stereocenters. The van der Waals surface area contributed by atoms with Crippen molar-refractivity contribution in [2.45, 2.75) is 18.1 Å². The maximum absolute atomic E-state index is 12.5. The van der Waals surface area contributed by atoms with E-state index in [2.05, 4.69) is 0 Å². The Morgan fingerprint density at radius 2 is 2.21 bits per heavy atom. The van der Waals surface area contributed by atoms with Crippen LogP contribution in [0, 0.1) is 0 Å². The summed E-state index contributed by atoms with van der Waals surface area (Å²) in [6.45, 7) is 0.788. The number of likely N-dealkylation sites (tertiary alicyclic amines) is 1. The first-order chi connectivity index (χ1) is 6.45. The van der Waals surface area contributed by atoms with Crippen LogP contribution in [0.25, 0.3) is 0 Å². The van der Waals surface area contributed by atoms with Crippen molar-refractivity contribution in [1.29, 1.82) is 0 Å². The summed E-state index contributed by atoms with van der Waals surface area (Å²) in [4.78, 5) is 12.5. The Kier molecular flexibility index (Phi) is 3.43. The maximum atomic E-state index is 12.5. The van der Waals surface area contributed by atoms with E-state index in [0.29, 0.717) is 19.5 Å². The molecule has 0 spiro atoms. The molecular weight excluding hydrogens is 211 g/mol. The number of carbonyl (C=O) groups excluding carboxylic acids is 1. The zero-order valence-corrected chi connectivity index (χ0v) is 8.46. The van der Waals surface area contributed by atoms with Gasteiger partial charge in [0.05, 0.1) is 0 Å². The molecule has 1 fully saturated rings. The van der Waals surface area contributed by atoms with Gasteiger partial charge >= 0.3 is 10.2 Å². The topological polar surface area (TPSA) is 80.5 Å². The molecule has 2 N–H and O–H groups in total. The predicted molar refractivity (Wildman–Crippen MR) is 48.7 cm³/mol. The van der Waals surface area contributed by atoms with E-state index in [9.17, 15) is 17.1 Å². The van der Waals surface area contributed by atoms with E-state index in [0.717, 1.165) is 0 Å². The molecule has 1 amide bonds. The monoisotopic (exact) mass is 224 g/mol. The minimum absolute atomic E-state index is 0.0440. The van der Waals surface area contributed by atoms with Crippen molar-refractivity contribution in [2.75, 3.05) is 19.6 Å². The smallest absolute Gasteiger partial charge is 0.307 e. The summed E-state index contributed by atoms with van der Waals surface area (Å²) >= 11 is 0. The molecule has 1 rings (SSSR count). The summed E-state index contributed by atoms with van der Waals surface area (Å²) < 4.78 is 33.6. The van der Waals surface area contributed by atoms with Crippen molar-refractivity contribution in [3.63, 3.8) is 0 Å². The van der Waals surface area contributed by atoms with Gasteiger partial charge in [-0.15, -0.1) is 3.89 Å². The van der Waals surface area contributed by atoms with E-state index in [1.807, 2.05) is 0 Å². The summed E-state index contributed by atoms with van der Waals surface area (Å²) in [6.07, 6.45) is 0.355. The summed E-state index contributed by atoms with van der Waals surface area (Å²) in [5, 5.41) is -1.19. The molecule has 1 aliphatic rings. The number of rotatable bonds is 4. The van der Waals surface area contributed by atoms with Crippen LogP contribution in [0.2, 0.25) is 0 Å². The van der Waals surface area contributed by atoms with Crippen LogP contribution in [0.3, 0.4) is 0 Å². The minimum Gasteiger partial charge on any atom is -0.341 e. The average molecular weight is 224 g/mol. The van der Waals surface area contributed by atoms with E-state index in [1.54, 1.807) is 0 Å². The molecule has 14 heavy (non-hydrogen) atoms. The van der Waals surface area contributed by atoms with Gasteiger partial charge in [0, 0.05) is 19.5 Å². The van der Waals surface area contributed by atoms with E-state index in [-0.39, 0.29) is 18.9 Å². The number of nitrogens with two attached hydrogens (primary N) is 1. The highest BCUT2D eigenvalue weighted by atomic mass is 32.3. The Morgan fingerprint density at radius 3 is 2.64 bits per heavy atom. The number of hydrogen-bond acceptors (Lipinski definition) is 4. The molecule has 5 nitrogen and oxygen atoms in total. The van der Waals surface area contributed by atoms with Crippen LogP contribution in [0.1, 0.15) is 12.8 Å². The second-order valence-corrected chi connectivity index (χ2v) is 4.90. The van der Waals surface area contributed by atoms with E-state index in [4.69, 9.17) is 5.73 Å². The predicted octanol–water partition coefficient (Wildman–Crippen LogP) is -0.765. The molecule has 1 saturated heterocycles. The Balaban J connectivity index is 2.56. The molecule has 1 aliphatic heterocycles. The molecule has 1 unspecified atom stereocenters. The van der Waals surface area contributed by atoms with Gasteiger partial charge in [-0.2, -0.15) is 8.42 Å². The molecule has 1 heterocycles. The van der Waals surface area contributed by atoms with E-state index in [1.165, 1.54) is 4.90 Å². The summed E-state index contributed by atoms with van der Waals surface area (Å²) in [7, 11) is -4.59. The van der Waals surface area contributed by atoms with Gasteiger partial charge in [-0.05, 0) is 13.0 Å². The lowest BCUT2D eigenvalue weighted by atomic mass is 10.4. The van der Waals surface area contributed by atoms with Crippen LogP contribution in [0.15, 0.2) is 0 Å². The first-order valence-corrected chi connectivity index (χ1v) is 5.81.